The topological polar surface area (TPSA) is 75.6 Å². The zero-order valence-corrected chi connectivity index (χ0v) is 13.3. The summed E-state index contributed by atoms with van der Waals surface area (Å²) in [5.41, 5.74) is 1.01. The van der Waals surface area contributed by atoms with Crippen molar-refractivity contribution in [1.29, 1.82) is 0 Å². The molecule has 0 aromatic heterocycles. The fourth-order valence-corrected chi connectivity index (χ4v) is 3.89. The number of hydrogen-bond acceptors (Lipinski definition) is 4. The normalized spacial score (nSPS) is 29.9. The van der Waals surface area contributed by atoms with E-state index in [1.54, 1.807) is 6.08 Å². The number of aliphatic hydroxyl groups excluding tert-OH is 1. The predicted octanol–water partition coefficient (Wildman–Crippen LogP) is 1.53. The Morgan fingerprint density at radius 1 is 1.47 bits per heavy atom. The van der Waals surface area contributed by atoms with Gasteiger partial charge in [-0.25, -0.2) is 0 Å². The summed E-state index contributed by atoms with van der Waals surface area (Å²) in [7, 11) is 0. The molecule has 2 atom stereocenters. The second-order valence-electron chi connectivity index (χ2n) is 4.69. The van der Waals surface area contributed by atoms with Gasteiger partial charge in [-0.3, -0.25) is 0 Å². The number of rotatable bonds is 2. The molecule has 1 saturated heterocycles. The fraction of sp³-hybridized carbons (Fsp3) is 0.462. The van der Waals surface area contributed by atoms with E-state index >= 15 is 0 Å². The van der Waals surface area contributed by atoms with Crippen LogP contribution in [0.4, 0.5) is 4.79 Å². The average Bonchev–Trinajstić information content (AvgIpc) is 2.55. The van der Waals surface area contributed by atoms with Crippen molar-refractivity contribution in [2.45, 2.75) is 31.8 Å². The zero-order chi connectivity index (χ0) is 14.0. The van der Waals surface area contributed by atoms with Crippen molar-refractivity contribution >= 4 is 15.9 Å². The summed E-state index contributed by atoms with van der Waals surface area (Å²) in [5.74, 6) is -0.436. The standard InChI is InChI=1S/C13H15NO4.W/c1-8(15)6-9-4-2-3-5-10(7-9)11-12(16)14-13(17)18-11;/h6,10-11,15H,1-5H2,(H,14,16,17);. The van der Waals surface area contributed by atoms with Crippen LogP contribution in [0.25, 0.3) is 0 Å². The third-order valence-electron chi connectivity index (χ3n) is 3.29. The van der Waals surface area contributed by atoms with E-state index in [9.17, 15) is 14.7 Å². The minimum absolute atomic E-state index is 0.0160. The number of alkyl carbamates (subject to hydrolysis) is 1. The first kappa shape index (κ1) is 14.2. The number of imide groups is 1. The van der Waals surface area contributed by atoms with Crippen LogP contribution < -0.4 is 5.32 Å². The van der Waals surface area contributed by atoms with Crippen LogP contribution in [0.5, 0.6) is 0 Å². The van der Waals surface area contributed by atoms with Gasteiger partial charge < -0.3 is 0 Å². The Labute approximate surface area is 122 Å². The average molecular weight is 433 g/mol. The van der Waals surface area contributed by atoms with Crippen LogP contribution in [-0.2, 0) is 28.9 Å². The van der Waals surface area contributed by atoms with Crippen molar-refractivity contribution < 1.29 is 38.8 Å². The van der Waals surface area contributed by atoms with Crippen LogP contribution in [0.15, 0.2) is 24.0 Å². The Hall–Kier alpha value is -1.22. The van der Waals surface area contributed by atoms with E-state index in [0.29, 0.717) is 0 Å². The van der Waals surface area contributed by atoms with Crippen molar-refractivity contribution in [3.8, 4) is 0 Å². The van der Waals surface area contributed by atoms with E-state index in [0.717, 1.165) is 35.2 Å². The Kier molecular flexibility index (Phi) is 4.35. The molecule has 2 rings (SSSR count). The molecule has 1 heterocycles. The van der Waals surface area contributed by atoms with Gasteiger partial charge in [0, 0.05) is 0 Å². The quantitative estimate of drug-likeness (QED) is 0.512. The molecule has 0 aromatic carbocycles. The summed E-state index contributed by atoms with van der Waals surface area (Å²) in [6.45, 7) is 3.47. The van der Waals surface area contributed by atoms with Gasteiger partial charge in [0.25, 0.3) is 0 Å². The molecule has 1 aliphatic carbocycles. The van der Waals surface area contributed by atoms with Gasteiger partial charge in [0.1, 0.15) is 0 Å². The first-order valence-electron chi connectivity index (χ1n) is 6.13. The monoisotopic (exact) mass is 433 g/mol. The summed E-state index contributed by atoms with van der Waals surface area (Å²) in [4.78, 5) is 22.9. The second kappa shape index (κ2) is 5.83. The number of carbonyl (C=O) groups is 2. The third kappa shape index (κ3) is 3.21. The van der Waals surface area contributed by atoms with Crippen LogP contribution in [0, 0.1) is 5.92 Å². The van der Waals surface area contributed by atoms with Gasteiger partial charge in [0.05, 0.1) is 0 Å². The van der Waals surface area contributed by atoms with Crippen LogP contribution in [-0.4, -0.2) is 27.1 Å². The molecule has 102 valence electrons. The predicted molar refractivity (Wildman–Crippen MR) is 65.2 cm³/mol. The molecule has 0 spiro atoms. The van der Waals surface area contributed by atoms with Crippen LogP contribution in [0.3, 0.4) is 0 Å². The molecule has 0 bridgehead atoms. The van der Waals surface area contributed by atoms with E-state index < -0.39 is 12.2 Å². The number of hydrogen-bond donors (Lipinski definition) is 2. The van der Waals surface area contributed by atoms with Crippen molar-refractivity contribution in [3.63, 3.8) is 0 Å². The molecule has 2 unspecified atom stereocenters. The first-order valence-corrected chi connectivity index (χ1v) is 7.60. The van der Waals surface area contributed by atoms with E-state index in [2.05, 4.69) is 11.9 Å². The number of ether oxygens (including phenoxy) is 1. The van der Waals surface area contributed by atoms with E-state index in [1.807, 2.05) is 0 Å². The fourth-order valence-electron chi connectivity index (χ4n) is 2.44. The number of cyclic esters (lactones) is 1. The Bertz CT molecular complexity index is 483. The van der Waals surface area contributed by atoms with Crippen molar-refractivity contribution in [2.24, 2.45) is 5.92 Å². The summed E-state index contributed by atoms with van der Waals surface area (Å²) in [6, 6.07) is 0. The molecule has 1 aliphatic heterocycles. The molecular weight excluding hydrogens is 418 g/mol. The molecule has 2 aliphatic rings. The van der Waals surface area contributed by atoms with E-state index in [4.69, 9.17) is 4.74 Å². The molecule has 19 heavy (non-hydrogen) atoms. The molecule has 2 fully saturated rings. The number of carbonyl (C=O) groups excluding carboxylic acids is 2. The number of aliphatic hydroxyl groups is 1. The Balaban J connectivity index is 2.24. The van der Waals surface area contributed by atoms with Crippen molar-refractivity contribution in [1.82, 2.24) is 5.32 Å². The third-order valence-corrected chi connectivity index (χ3v) is 5.32. The summed E-state index contributed by atoms with van der Waals surface area (Å²) < 4.78 is 6.14. The van der Waals surface area contributed by atoms with Crippen molar-refractivity contribution in [2.75, 3.05) is 0 Å². The van der Waals surface area contributed by atoms with Crippen LogP contribution >= 0.6 is 0 Å². The summed E-state index contributed by atoms with van der Waals surface area (Å²) >= 11 is 1.23. The number of amides is 2. The van der Waals surface area contributed by atoms with Gasteiger partial charge in [-0.1, -0.05) is 0 Å². The van der Waals surface area contributed by atoms with E-state index in [1.165, 1.54) is 19.4 Å². The molecule has 6 heteroatoms. The number of allylic oxidation sites excluding steroid dienone is 2. The second-order valence-corrected chi connectivity index (χ2v) is 6.27. The Morgan fingerprint density at radius 3 is 2.79 bits per heavy atom. The van der Waals surface area contributed by atoms with Crippen LogP contribution in [0.2, 0.25) is 0 Å². The van der Waals surface area contributed by atoms with Gasteiger partial charge in [-0.05, 0) is 0 Å². The zero-order valence-electron chi connectivity index (χ0n) is 10.3. The SMILES string of the molecule is C=C(O)C=C1CCCCC(C2OC(=O)NC2=O)[C]1=[W]. The molecular formula is C13H15NO4W. The molecule has 2 N–H and O–H groups in total. The summed E-state index contributed by atoms with van der Waals surface area (Å²) in [6.07, 6.45) is 3.89. The molecule has 5 nitrogen and oxygen atoms in total. The maximum atomic E-state index is 11.7. The summed E-state index contributed by atoms with van der Waals surface area (Å²) in [5, 5.41) is 11.5. The van der Waals surface area contributed by atoms with Gasteiger partial charge >= 0.3 is 122 Å². The minimum atomic E-state index is -0.728. The molecule has 0 radical (unpaired) electrons. The Morgan fingerprint density at radius 2 is 2.21 bits per heavy atom. The maximum absolute atomic E-state index is 11.7. The molecule has 0 aromatic rings. The van der Waals surface area contributed by atoms with Gasteiger partial charge in [-0.15, -0.1) is 0 Å². The van der Waals surface area contributed by atoms with Gasteiger partial charge in [-0.2, -0.15) is 0 Å². The van der Waals surface area contributed by atoms with Crippen molar-refractivity contribution in [3.05, 3.63) is 24.0 Å². The number of nitrogens with one attached hydrogen (secondary N) is 1. The van der Waals surface area contributed by atoms with Gasteiger partial charge in [0.15, 0.2) is 0 Å². The first-order chi connectivity index (χ1) is 8.99. The van der Waals surface area contributed by atoms with E-state index in [-0.39, 0.29) is 17.6 Å². The molecule has 2 amide bonds. The van der Waals surface area contributed by atoms with Crippen LogP contribution in [0.1, 0.15) is 25.7 Å². The van der Waals surface area contributed by atoms with Gasteiger partial charge in [0.2, 0.25) is 0 Å². The molecule has 1 saturated carbocycles.